The number of halogens is 1. The summed E-state index contributed by atoms with van der Waals surface area (Å²) < 4.78 is 12.9. The summed E-state index contributed by atoms with van der Waals surface area (Å²) in [5.41, 5.74) is 3.25. The summed E-state index contributed by atoms with van der Waals surface area (Å²) in [6.07, 6.45) is 6.24. The monoisotopic (exact) mass is 525 g/mol. The van der Waals surface area contributed by atoms with Crippen LogP contribution in [0.2, 0.25) is 0 Å². The molecule has 1 aromatic heterocycles. The van der Waals surface area contributed by atoms with E-state index in [1.807, 2.05) is 36.7 Å². The Kier molecular flexibility index (Phi) is 11.7. The highest BCUT2D eigenvalue weighted by Gasteiger charge is 2.06. The van der Waals surface area contributed by atoms with Gasteiger partial charge in [0.25, 0.3) is 0 Å². The molecule has 8 heteroatoms. The van der Waals surface area contributed by atoms with E-state index in [0.29, 0.717) is 18.0 Å². The number of benzene rings is 1. The van der Waals surface area contributed by atoms with Gasteiger partial charge in [0, 0.05) is 25.3 Å². The van der Waals surface area contributed by atoms with Crippen LogP contribution in [0.3, 0.4) is 0 Å². The molecule has 30 heavy (non-hydrogen) atoms. The highest BCUT2D eigenvalue weighted by atomic mass is 127. The van der Waals surface area contributed by atoms with Crippen molar-refractivity contribution in [2.45, 2.75) is 40.3 Å². The number of methoxy groups -OCH3 is 1. The summed E-state index contributed by atoms with van der Waals surface area (Å²) in [6, 6.07) is 7.84. The number of hydrogen-bond donors (Lipinski definition) is 2. The molecule has 1 aromatic carbocycles. The molecule has 0 amide bonds. The maximum atomic E-state index is 5.56. The van der Waals surface area contributed by atoms with Gasteiger partial charge in [-0.25, -0.2) is 4.99 Å². The third-order valence-electron chi connectivity index (χ3n) is 4.25. The average molecular weight is 525 g/mol. The minimum absolute atomic E-state index is 0. The number of guanidine groups is 1. The highest BCUT2D eigenvalue weighted by molar-refractivity contribution is 14.0. The molecule has 1 heterocycles. The molecule has 0 bridgehead atoms. The fourth-order valence-corrected chi connectivity index (χ4v) is 2.90. The molecule has 0 spiro atoms. The third kappa shape index (κ3) is 8.14. The Bertz CT molecular complexity index is 858. The van der Waals surface area contributed by atoms with Crippen LogP contribution in [0.1, 0.15) is 30.3 Å². The van der Waals surface area contributed by atoms with E-state index < -0.39 is 0 Å². The Balaban J connectivity index is 0.00000450. The Morgan fingerprint density at radius 3 is 2.67 bits per heavy atom. The van der Waals surface area contributed by atoms with Gasteiger partial charge in [-0.2, -0.15) is 5.10 Å². The van der Waals surface area contributed by atoms with Crippen LogP contribution < -0.4 is 20.1 Å². The van der Waals surface area contributed by atoms with Crippen LogP contribution in [0, 0.1) is 26.2 Å². The van der Waals surface area contributed by atoms with E-state index in [0.717, 1.165) is 43.3 Å². The van der Waals surface area contributed by atoms with Crippen molar-refractivity contribution in [3.8, 4) is 23.8 Å². The first-order valence-electron chi connectivity index (χ1n) is 9.83. The molecular formula is C22H32IN5O2. The van der Waals surface area contributed by atoms with Crippen LogP contribution in [-0.2, 0) is 13.1 Å². The summed E-state index contributed by atoms with van der Waals surface area (Å²) in [6.45, 7) is 9.33. The number of nitrogens with one attached hydrogen (secondary N) is 2. The van der Waals surface area contributed by atoms with E-state index in [9.17, 15) is 0 Å². The smallest absolute Gasteiger partial charge is 0.191 e. The van der Waals surface area contributed by atoms with Gasteiger partial charge in [0.2, 0.25) is 0 Å². The molecule has 0 aliphatic heterocycles. The highest BCUT2D eigenvalue weighted by Crippen LogP contribution is 2.28. The predicted octanol–water partition coefficient (Wildman–Crippen LogP) is 3.28. The van der Waals surface area contributed by atoms with E-state index in [4.69, 9.17) is 15.9 Å². The molecule has 0 fully saturated rings. The summed E-state index contributed by atoms with van der Waals surface area (Å²) in [5, 5.41) is 11.1. The van der Waals surface area contributed by atoms with E-state index in [1.54, 1.807) is 7.11 Å². The second kappa shape index (κ2) is 13.7. The number of aryl methyl sites for hydroxylation is 3. The zero-order chi connectivity index (χ0) is 21.1. The SMILES string of the molecule is C#CCOc1cc(CN=C(NCC)NCCCn2nc(C)cc2C)ccc1OC.I. The Morgan fingerprint density at radius 2 is 2.03 bits per heavy atom. The summed E-state index contributed by atoms with van der Waals surface area (Å²) in [7, 11) is 1.61. The Labute approximate surface area is 196 Å². The van der Waals surface area contributed by atoms with Crippen LogP contribution in [0.25, 0.3) is 0 Å². The van der Waals surface area contributed by atoms with Crippen molar-refractivity contribution in [1.29, 1.82) is 0 Å². The largest absolute Gasteiger partial charge is 0.493 e. The second-order valence-electron chi connectivity index (χ2n) is 6.60. The Hall–Kier alpha value is -2.41. The number of hydrogen-bond acceptors (Lipinski definition) is 4. The molecule has 164 valence electrons. The minimum Gasteiger partial charge on any atom is -0.493 e. The van der Waals surface area contributed by atoms with Crippen LogP contribution in [0.5, 0.6) is 11.5 Å². The fraction of sp³-hybridized carbons (Fsp3) is 0.455. The molecule has 2 rings (SSSR count). The quantitative estimate of drug-likeness (QED) is 0.164. The molecule has 0 aliphatic rings. The first kappa shape index (κ1) is 25.6. The van der Waals surface area contributed by atoms with Gasteiger partial charge < -0.3 is 20.1 Å². The van der Waals surface area contributed by atoms with Gasteiger partial charge in [-0.1, -0.05) is 12.0 Å². The van der Waals surface area contributed by atoms with Gasteiger partial charge in [-0.05, 0) is 51.0 Å². The second-order valence-corrected chi connectivity index (χ2v) is 6.60. The molecule has 0 atom stereocenters. The van der Waals surface area contributed by atoms with Crippen molar-refractivity contribution in [2.24, 2.45) is 4.99 Å². The van der Waals surface area contributed by atoms with Crippen molar-refractivity contribution in [2.75, 3.05) is 26.8 Å². The molecule has 0 saturated heterocycles. The summed E-state index contributed by atoms with van der Waals surface area (Å²) in [5.74, 6) is 4.53. The van der Waals surface area contributed by atoms with E-state index >= 15 is 0 Å². The van der Waals surface area contributed by atoms with Crippen molar-refractivity contribution < 1.29 is 9.47 Å². The molecule has 0 aliphatic carbocycles. The van der Waals surface area contributed by atoms with Crippen molar-refractivity contribution in [3.63, 3.8) is 0 Å². The zero-order valence-corrected chi connectivity index (χ0v) is 20.5. The summed E-state index contributed by atoms with van der Waals surface area (Å²) in [4.78, 5) is 4.66. The maximum absolute atomic E-state index is 5.56. The molecule has 0 saturated carbocycles. The van der Waals surface area contributed by atoms with Crippen LogP contribution in [0.4, 0.5) is 0 Å². The molecule has 0 unspecified atom stereocenters. The molecule has 7 nitrogen and oxygen atoms in total. The van der Waals surface area contributed by atoms with Crippen molar-refractivity contribution in [3.05, 3.63) is 41.2 Å². The van der Waals surface area contributed by atoms with Gasteiger partial charge in [-0.3, -0.25) is 4.68 Å². The average Bonchev–Trinajstić information content (AvgIpc) is 3.04. The van der Waals surface area contributed by atoms with Gasteiger partial charge >= 0.3 is 0 Å². The minimum atomic E-state index is 0. The predicted molar refractivity (Wildman–Crippen MR) is 132 cm³/mol. The first-order chi connectivity index (χ1) is 14.1. The lowest BCUT2D eigenvalue weighted by Gasteiger charge is -2.13. The van der Waals surface area contributed by atoms with Gasteiger partial charge in [-0.15, -0.1) is 30.4 Å². The lowest BCUT2D eigenvalue weighted by molar-refractivity contribution is 0.330. The van der Waals surface area contributed by atoms with Gasteiger partial charge in [0.1, 0.15) is 6.61 Å². The van der Waals surface area contributed by atoms with Crippen LogP contribution in [-0.4, -0.2) is 42.5 Å². The normalized spacial score (nSPS) is 10.7. The number of aromatic nitrogens is 2. The maximum Gasteiger partial charge on any atom is 0.191 e. The zero-order valence-electron chi connectivity index (χ0n) is 18.2. The van der Waals surface area contributed by atoms with Crippen LogP contribution >= 0.6 is 24.0 Å². The summed E-state index contributed by atoms with van der Waals surface area (Å²) >= 11 is 0. The number of aliphatic imine (C=N–C) groups is 1. The standard InChI is InChI=1S/C22H31N5O2.HI/c1-6-13-29-21-15-19(9-10-20(21)28-5)16-25-22(23-7-2)24-11-8-12-27-18(4)14-17(3)26-27;/h1,9-10,14-15H,7-8,11-13,16H2,2-5H3,(H2,23,24,25);1H. The number of rotatable bonds is 10. The van der Waals surface area contributed by atoms with Gasteiger partial charge in [0.05, 0.1) is 19.3 Å². The van der Waals surface area contributed by atoms with Crippen molar-refractivity contribution in [1.82, 2.24) is 20.4 Å². The van der Waals surface area contributed by atoms with Crippen LogP contribution in [0.15, 0.2) is 29.3 Å². The number of nitrogens with zero attached hydrogens (tertiary/aromatic N) is 3. The van der Waals surface area contributed by atoms with Gasteiger partial charge in [0.15, 0.2) is 17.5 Å². The Morgan fingerprint density at radius 1 is 1.23 bits per heavy atom. The van der Waals surface area contributed by atoms with E-state index in [1.165, 1.54) is 5.69 Å². The number of ether oxygens (including phenoxy) is 2. The first-order valence-corrected chi connectivity index (χ1v) is 9.83. The third-order valence-corrected chi connectivity index (χ3v) is 4.25. The molecule has 2 aromatic rings. The number of terminal acetylenes is 1. The van der Waals surface area contributed by atoms with E-state index in [-0.39, 0.29) is 30.6 Å². The molecule has 2 N–H and O–H groups in total. The lowest BCUT2D eigenvalue weighted by Crippen LogP contribution is -2.38. The van der Waals surface area contributed by atoms with Crippen molar-refractivity contribution >= 4 is 29.9 Å². The topological polar surface area (TPSA) is 72.7 Å². The van der Waals surface area contributed by atoms with E-state index in [2.05, 4.69) is 39.6 Å². The fourth-order valence-electron chi connectivity index (χ4n) is 2.90. The molecule has 0 radical (unpaired) electrons. The lowest BCUT2D eigenvalue weighted by atomic mass is 10.2. The molecular weight excluding hydrogens is 493 g/mol.